The largest absolute Gasteiger partial charge is 0.358 e. The normalized spacial score (nSPS) is 10.6. The van der Waals surface area contributed by atoms with Crippen molar-refractivity contribution in [3.8, 4) is 0 Å². The van der Waals surface area contributed by atoms with Gasteiger partial charge in [-0.05, 0) is 12.1 Å². The Balaban J connectivity index is 2.43. The molecule has 2 rings (SSSR count). The van der Waals surface area contributed by atoms with E-state index in [2.05, 4.69) is 10.3 Å². The summed E-state index contributed by atoms with van der Waals surface area (Å²) in [5, 5.41) is 2.86. The van der Waals surface area contributed by atoms with Crippen LogP contribution in [-0.2, 0) is 11.8 Å². The summed E-state index contributed by atoms with van der Waals surface area (Å²) in [4.78, 5) is 27.5. The zero-order chi connectivity index (χ0) is 13.1. The fraction of sp³-hybridized carbons (Fsp3) is 0.250. The number of hydrogen-bond donors (Lipinski definition) is 1. The Kier molecular flexibility index (Phi) is 3.66. The summed E-state index contributed by atoms with van der Waals surface area (Å²) in [5.41, 5.74) is 1.36. The van der Waals surface area contributed by atoms with Crippen LogP contribution in [0.4, 0.5) is 0 Å². The minimum absolute atomic E-state index is 0.128. The molecular formula is C12H13N3O2S. The summed E-state index contributed by atoms with van der Waals surface area (Å²) in [7, 11) is 3.27. The SMILES string of the molecule is CNC(=O)CSc1nc2ccccc2n(C)c1=O. The third-order valence-corrected chi connectivity index (χ3v) is 3.52. The van der Waals surface area contributed by atoms with Crippen molar-refractivity contribution in [2.45, 2.75) is 5.03 Å². The van der Waals surface area contributed by atoms with Crippen molar-refractivity contribution in [2.75, 3.05) is 12.8 Å². The summed E-state index contributed by atoms with van der Waals surface area (Å²) in [6.07, 6.45) is 0. The van der Waals surface area contributed by atoms with Crippen LogP contribution >= 0.6 is 11.8 Å². The summed E-state index contributed by atoms with van der Waals surface area (Å²) in [5.74, 6) is 0.0638. The highest BCUT2D eigenvalue weighted by Gasteiger charge is 2.10. The van der Waals surface area contributed by atoms with Gasteiger partial charge in [-0.1, -0.05) is 23.9 Å². The van der Waals surface area contributed by atoms with E-state index in [1.54, 1.807) is 18.7 Å². The molecule has 0 atom stereocenters. The molecule has 5 nitrogen and oxygen atoms in total. The van der Waals surface area contributed by atoms with E-state index in [0.717, 1.165) is 22.8 Å². The van der Waals surface area contributed by atoms with E-state index >= 15 is 0 Å². The maximum absolute atomic E-state index is 12.0. The van der Waals surface area contributed by atoms with Crippen molar-refractivity contribution in [2.24, 2.45) is 7.05 Å². The summed E-state index contributed by atoms with van der Waals surface area (Å²) in [6.45, 7) is 0. The Labute approximate surface area is 108 Å². The van der Waals surface area contributed by atoms with Gasteiger partial charge in [0.2, 0.25) is 5.91 Å². The first-order valence-electron chi connectivity index (χ1n) is 5.42. The Hall–Kier alpha value is -1.82. The van der Waals surface area contributed by atoms with Gasteiger partial charge in [0.1, 0.15) is 0 Å². The van der Waals surface area contributed by atoms with Crippen LogP contribution in [0.25, 0.3) is 11.0 Å². The van der Waals surface area contributed by atoms with Gasteiger partial charge >= 0.3 is 0 Å². The standard InChI is InChI=1S/C12H13N3O2S/c1-13-10(16)7-18-11-12(17)15(2)9-6-4-3-5-8(9)14-11/h3-6H,7H2,1-2H3,(H,13,16). The van der Waals surface area contributed by atoms with Crippen molar-refractivity contribution in [3.05, 3.63) is 34.6 Å². The second kappa shape index (κ2) is 5.22. The molecule has 1 N–H and O–H groups in total. The number of rotatable bonds is 3. The smallest absolute Gasteiger partial charge is 0.283 e. The van der Waals surface area contributed by atoms with Crippen molar-refractivity contribution < 1.29 is 4.79 Å². The van der Waals surface area contributed by atoms with E-state index in [4.69, 9.17) is 0 Å². The van der Waals surface area contributed by atoms with Gasteiger partial charge in [0.05, 0.1) is 16.8 Å². The second-order valence-corrected chi connectivity index (χ2v) is 4.70. The zero-order valence-electron chi connectivity index (χ0n) is 10.1. The lowest BCUT2D eigenvalue weighted by Crippen LogP contribution is -2.23. The number of amides is 1. The molecule has 6 heteroatoms. The van der Waals surface area contributed by atoms with Crippen LogP contribution in [0.1, 0.15) is 0 Å². The minimum Gasteiger partial charge on any atom is -0.358 e. The van der Waals surface area contributed by atoms with Gasteiger partial charge < -0.3 is 9.88 Å². The Bertz CT molecular complexity index is 651. The van der Waals surface area contributed by atoms with Crippen LogP contribution in [0.2, 0.25) is 0 Å². The molecule has 0 unspecified atom stereocenters. The summed E-state index contributed by atoms with van der Waals surface area (Å²) >= 11 is 1.15. The predicted octanol–water partition coefficient (Wildman–Crippen LogP) is 0.772. The van der Waals surface area contributed by atoms with E-state index in [1.807, 2.05) is 24.3 Å². The molecule has 0 aliphatic rings. The van der Waals surface area contributed by atoms with Crippen LogP contribution in [-0.4, -0.2) is 28.3 Å². The van der Waals surface area contributed by atoms with Crippen LogP contribution in [0, 0.1) is 0 Å². The molecule has 18 heavy (non-hydrogen) atoms. The topological polar surface area (TPSA) is 64.0 Å². The lowest BCUT2D eigenvalue weighted by atomic mass is 10.3. The molecule has 0 aliphatic carbocycles. The van der Waals surface area contributed by atoms with E-state index in [9.17, 15) is 9.59 Å². The maximum Gasteiger partial charge on any atom is 0.283 e. The van der Waals surface area contributed by atoms with E-state index in [0.29, 0.717) is 5.03 Å². The second-order valence-electron chi connectivity index (χ2n) is 3.73. The quantitative estimate of drug-likeness (QED) is 0.831. The molecule has 1 aromatic carbocycles. The van der Waals surface area contributed by atoms with Crippen molar-refractivity contribution in [1.82, 2.24) is 14.9 Å². The number of nitrogens with one attached hydrogen (secondary N) is 1. The molecule has 0 bridgehead atoms. The first-order valence-corrected chi connectivity index (χ1v) is 6.41. The molecule has 0 spiro atoms. The molecule has 0 aliphatic heterocycles. The predicted molar refractivity (Wildman–Crippen MR) is 71.8 cm³/mol. The number of thioether (sulfide) groups is 1. The van der Waals surface area contributed by atoms with Gasteiger partial charge in [-0.25, -0.2) is 4.98 Å². The van der Waals surface area contributed by atoms with Gasteiger partial charge in [-0.15, -0.1) is 0 Å². The van der Waals surface area contributed by atoms with Gasteiger partial charge in [0.15, 0.2) is 5.03 Å². The number of aryl methyl sites for hydroxylation is 1. The average Bonchev–Trinajstić information content (AvgIpc) is 2.41. The van der Waals surface area contributed by atoms with Gasteiger partial charge in [0.25, 0.3) is 5.56 Å². The molecule has 94 valence electrons. The highest BCUT2D eigenvalue weighted by atomic mass is 32.2. The molecular weight excluding hydrogens is 250 g/mol. The monoisotopic (exact) mass is 263 g/mol. The van der Waals surface area contributed by atoms with Crippen molar-refractivity contribution >= 4 is 28.7 Å². The van der Waals surface area contributed by atoms with Crippen LogP contribution < -0.4 is 10.9 Å². The fourth-order valence-electron chi connectivity index (χ4n) is 1.55. The minimum atomic E-state index is -0.178. The number of benzene rings is 1. The molecule has 2 aromatic rings. The van der Waals surface area contributed by atoms with E-state index in [1.165, 1.54) is 0 Å². The molecule has 0 saturated heterocycles. The molecule has 1 aromatic heterocycles. The van der Waals surface area contributed by atoms with Gasteiger partial charge in [-0.3, -0.25) is 9.59 Å². The van der Waals surface area contributed by atoms with Crippen LogP contribution in [0.5, 0.6) is 0 Å². The molecule has 1 amide bonds. The van der Waals surface area contributed by atoms with Crippen molar-refractivity contribution in [3.63, 3.8) is 0 Å². The van der Waals surface area contributed by atoms with E-state index in [-0.39, 0.29) is 17.2 Å². The highest BCUT2D eigenvalue weighted by molar-refractivity contribution is 7.99. The first kappa shape index (κ1) is 12.6. The van der Waals surface area contributed by atoms with Crippen LogP contribution in [0.15, 0.2) is 34.1 Å². The Morgan fingerprint density at radius 2 is 2.17 bits per heavy atom. The molecule has 1 heterocycles. The number of nitrogens with zero attached hydrogens (tertiary/aromatic N) is 2. The number of carbonyl (C=O) groups is 1. The maximum atomic E-state index is 12.0. The molecule has 0 radical (unpaired) electrons. The number of para-hydroxylation sites is 2. The number of hydrogen-bond acceptors (Lipinski definition) is 4. The average molecular weight is 263 g/mol. The fourth-order valence-corrected chi connectivity index (χ4v) is 2.39. The van der Waals surface area contributed by atoms with Gasteiger partial charge in [0, 0.05) is 14.1 Å². The van der Waals surface area contributed by atoms with Gasteiger partial charge in [-0.2, -0.15) is 0 Å². The van der Waals surface area contributed by atoms with Crippen molar-refractivity contribution in [1.29, 1.82) is 0 Å². The Morgan fingerprint density at radius 1 is 1.44 bits per heavy atom. The number of fused-ring (bicyclic) bond motifs is 1. The molecule has 0 fully saturated rings. The number of carbonyl (C=O) groups excluding carboxylic acids is 1. The highest BCUT2D eigenvalue weighted by Crippen LogP contribution is 2.15. The number of aromatic nitrogens is 2. The lowest BCUT2D eigenvalue weighted by molar-refractivity contribution is -0.118. The third-order valence-electron chi connectivity index (χ3n) is 2.57. The Morgan fingerprint density at radius 3 is 2.89 bits per heavy atom. The lowest BCUT2D eigenvalue weighted by Gasteiger charge is -2.06. The molecule has 0 saturated carbocycles. The first-order chi connectivity index (χ1) is 8.63. The zero-order valence-corrected chi connectivity index (χ0v) is 11.0. The summed E-state index contributed by atoms with van der Waals surface area (Å²) in [6, 6.07) is 7.42. The van der Waals surface area contributed by atoms with Crippen LogP contribution in [0.3, 0.4) is 0 Å². The van der Waals surface area contributed by atoms with E-state index < -0.39 is 0 Å². The summed E-state index contributed by atoms with van der Waals surface area (Å²) < 4.78 is 1.55. The third kappa shape index (κ3) is 2.38.